The summed E-state index contributed by atoms with van der Waals surface area (Å²) in [5, 5.41) is 14.0. The molecule has 27 heavy (non-hydrogen) atoms. The van der Waals surface area contributed by atoms with Gasteiger partial charge >= 0.3 is 6.36 Å². The third kappa shape index (κ3) is 4.87. The van der Waals surface area contributed by atoms with Crippen LogP contribution in [0.4, 0.5) is 13.2 Å². The summed E-state index contributed by atoms with van der Waals surface area (Å²) in [6.07, 6.45) is -4.74. The van der Waals surface area contributed by atoms with Crippen molar-refractivity contribution in [2.75, 3.05) is 26.2 Å². The molecule has 4 nitrogen and oxygen atoms in total. The number of piperazine rings is 1. The highest BCUT2D eigenvalue weighted by Crippen LogP contribution is 2.43. The van der Waals surface area contributed by atoms with Gasteiger partial charge in [0.15, 0.2) is 0 Å². The predicted octanol–water partition coefficient (Wildman–Crippen LogP) is 4.70. The molecule has 1 aliphatic heterocycles. The molecule has 0 aliphatic carbocycles. The van der Waals surface area contributed by atoms with E-state index in [1.54, 1.807) is 24.3 Å². The van der Waals surface area contributed by atoms with Crippen LogP contribution in [-0.2, 0) is 0 Å². The van der Waals surface area contributed by atoms with E-state index in [0.717, 1.165) is 18.7 Å². The number of aromatic hydroxyl groups is 1. The fraction of sp³-hybridized carbons (Fsp3) is 0.333. The van der Waals surface area contributed by atoms with E-state index in [1.807, 2.05) is 0 Å². The van der Waals surface area contributed by atoms with Crippen molar-refractivity contribution in [2.45, 2.75) is 12.4 Å². The molecule has 0 unspecified atom stereocenters. The van der Waals surface area contributed by atoms with Crippen molar-refractivity contribution in [3.8, 4) is 11.5 Å². The molecule has 1 saturated heterocycles. The summed E-state index contributed by atoms with van der Waals surface area (Å²) in [6.45, 7) is 2.96. The molecule has 1 fully saturated rings. The zero-order chi connectivity index (χ0) is 19.6. The van der Waals surface area contributed by atoms with Crippen LogP contribution in [0.25, 0.3) is 0 Å². The average molecular weight is 466 g/mol. The van der Waals surface area contributed by atoms with Gasteiger partial charge in [-0.2, -0.15) is 0 Å². The number of phenols is 1. The first-order chi connectivity index (χ1) is 12.8. The Hall–Kier alpha value is -1.48. The van der Waals surface area contributed by atoms with E-state index in [0.29, 0.717) is 23.1 Å². The maximum atomic E-state index is 12.4. The number of nitrogens with one attached hydrogen (secondary N) is 1. The summed E-state index contributed by atoms with van der Waals surface area (Å²) in [5.41, 5.74) is 1.30. The molecule has 1 aliphatic rings. The van der Waals surface area contributed by atoms with Crippen LogP contribution in [-0.4, -0.2) is 42.5 Å². The quantitative estimate of drug-likeness (QED) is 0.687. The van der Waals surface area contributed by atoms with Gasteiger partial charge in [-0.1, -0.05) is 39.7 Å². The van der Waals surface area contributed by atoms with Crippen LogP contribution >= 0.6 is 27.5 Å². The first-order valence-electron chi connectivity index (χ1n) is 8.23. The van der Waals surface area contributed by atoms with E-state index >= 15 is 0 Å². The molecular formula is C18H17BrClF3N2O2. The summed E-state index contributed by atoms with van der Waals surface area (Å²) in [7, 11) is 0. The van der Waals surface area contributed by atoms with Crippen LogP contribution in [0.15, 0.2) is 40.9 Å². The van der Waals surface area contributed by atoms with Gasteiger partial charge in [-0.15, -0.1) is 13.2 Å². The zero-order valence-electron chi connectivity index (χ0n) is 14.1. The summed E-state index contributed by atoms with van der Waals surface area (Å²) in [5.74, 6) is -0.343. The van der Waals surface area contributed by atoms with E-state index in [1.165, 1.54) is 12.1 Å². The second-order valence-electron chi connectivity index (χ2n) is 6.10. The van der Waals surface area contributed by atoms with Gasteiger partial charge in [0.25, 0.3) is 0 Å². The second kappa shape index (κ2) is 8.26. The van der Waals surface area contributed by atoms with E-state index in [4.69, 9.17) is 11.6 Å². The van der Waals surface area contributed by atoms with Gasteiger partial charge in [0.2, 0.25) is 0 Å². The Labute approximate surface area is 168 Å². The average Bonchev–Trinajstić information content (AvgIpc) is 2.62. The Morgan fingerprint density at radius 1 is 1.11 bits per heavy atom. The monoisotopic (exact) mass is 464 g/mol. The first-order valence-corrected chi connectivity index (χ1v) is 9.40. The first kappa shape index (κ1) is 20.3. The number of halogens is 5. The standard InChI is InChI=1S/C18H17BrClF3N2O2/c19-13-5-6-14(20)17(26)15(13)16(25-9-7-24-8-10-25)11-1-3-12(4-2-11)27-18(21,22)23/h1-6,16,24,26H,7-10H2/t16-/m1/s1. The largest absolute Gasteiger partial charge is 0.573 e. The Balaban J connectivity index is 2.02. The Bertz CT molecular complexity index is 796. The summed E-state index contributed by atoms with van der Waals surface area (Å²) in [4.78, 5) is 2.15. The van der Waals surface area contributed by atoms with Gasteiger partial charge in [-0.3, -0.25) is 4.90 Å². The smallest absolute Gasteiger partial charge is 0.506 e. The van der Waals surface area contributed by atoms with Gasteiger partial charge in [0, 0.05) is 36.2 Å². The number of rotatable bonds is 4. The van der Waals surface area contributed by atoms with E-state index < -0.39 is 6.36 Å². The molecule has 0 spiro atoms. The van der Waals surface area contributed by atoms with Crippen LogP contribution < -0.4 is 10.1 Å². The predicted molar refractivity (Wildman–Crippen MR) is 100 cm³/mol. The number of hydrogen-bond acceptors (Lipinski definition) is 4. The van der Waals surface area contributed by atoms with Crippen LogP contribution in [0.1, 0.15) is 17.2 Å². The molecule has 0 saturated carbocycles. The van der Waals surface area contributed by atoms with Crippen molar-refractivity contribution in [1.29, 1.82) is 0 Å². The maximum absolute atomic E-state index is 12.4. The molecule has 1 atom stereocenters. The van der Waals surface area contributed by atoms with Crippen molar-refractivity contribution >= 4 is 27.5 Å². The number of benzene rings is 2. The summed E-state index contributed by atoms with van der Waals surface area (Å²) >= 11 is 9.57. The highest BCUT2D eigenvalue weighted by molar-refractivity contribution is 9.10. The molecule has 2 aromatic carbocycles. The lowest BCUT2D eigenvalue weighted by molar-refractivity contribution is -0.274. The molecule has 0 radical (unpaired) electrons. The molecule has 0 bridgehead atoms. The maximum Gasteiger partial charge on any atom is 0.573 e. The topological polar surface area (TPSA) is 44.7 Å². The summed E-state index contributed by atoms with van der Waals surface area (Å²) in [6, 6.07) is 8.63. The lowest BCUT2D eigenvalue weighted by atomic mass is 9.95. The minimum absolute atomic E-state index is 0.0507. The van der Waals surface area contributed by atoms with E-state index in [2.05, 4.69) is 30.9 Å². The van der Waals surface area contributed by atoms with Crippen LogP contribution in [0.3, 0.4) is 0 Å². The Kier molecular flexibility index (Phi) is 6.20. The van der Waals surface area contributed by atoms with Gasteiger partial charge in [-0.05, 0) is 29.8 Å². The number of phenolic OH excluding ortho intramolecular Hbond substituents is 1. The number of ether oxygens (including phenoxy) is 1. The minimum Gasteiger partial charge on any atom is -0.506 e. The number of hydrogen-bond donors (Lipinski definition) is 2. The van der Waals surface area contributed by atoms with Crippen LogP contribution in [0, 0.1) is 0 Å². The highest BCUT2D eigenvalue weighted by Gasteiger charge is 2.32. The molecule has 2 aromatic rings. The summed E-state index contributed by atoms with van der Waals surface area (Å²) < 4.78 is 41.9. The molecular weight excluding hydrogens is 449 g/mol. The van der Waals surface area contributed by atoms with Crippen molar-refractivity contribution in [3.05, 3.63) is 57.0 Å². The lowest BCUT2D eigenvalue weighted by Crippen LogP contribution is -2.45. The van der Waals surface area contributed by atoms with E-state index in [-0.39, 0.29) is 22.6 Å². The fourth-order valence-corrected chi connectivity index (χ4v) is 3.87. The van der Waals surface area contributed by atoms with Gasteiger partial charge in [0.1, 0.15) is 11.5 Å². The van der Waals surface area contributed by atoms with Gasteiger partial charge in [-0.25, -0.2) is 0 Å². The molecule has 0 aromatic heterocycles. The van der Waals surface area contributed by atoms with Crippen LogP contribution in [0.2, 0.25) is 5.02 Å². The SMILES string of the molecule is Oc1c(Cl)ccc(Br)c1[C@@H](c1ccc(OC(F)(F)F)cc1)N1CCNCC1. The van der Waals surface area contributed by atoms with Crippen molar-refractivity contribution in [2.24, 2.45) is 0 Å². The van der Waals surface area contributed by atoms with Gasteiger partial charge < -0.3 is 15.2 Å². The molecule has 9 heteroatoms. The van der Waals surface area contributed by atoms with Crippen molar-refractivity contribution in [1.82, 2.24) is 10.2 Å². The molecule has 0 amide bonds. The molecule has 1 heterocycles. The third-order valence-corrected chi connectivity index (χ3v) is 5.33. The number of alkyl halides is 3. The lowest BCUT2D eigenvalue weighted by Gasteiger charge is -2.36. The van der Waals surface area contributed by atoms with Crippen LogP contribution in [0.5, 0.6) is 11.5 Å². The normalized spacial score (nSPS) is 16.9. The number of nitrogens with zero attached hydrogens (tertiary/aromatic N) is 1. The van der Waals surface area contributed by atoms with Crippen molar-refractivity contribution < 1.29 is 23.0 Å². The third-order valence-electron chi connectivity index (χ3n) is 4.33. The molecule has 2 N–H and O–H groups in total. The Morgan fingerprint density at radius 3 is 2.33 bits per heavy atom. The molecule has 146 valence electrons. The Morgan fingerprint density at radius 2 is 1.74 bits per heavy atom. The fourth-order valence-electron chi connectivity index (χ4n) is 3.17. The van der Waals surface area contributed by atoms with E-state index in [9.17, 15) is 18.3 Å². The minimum atomic E-state index is -4.74. The van der Waals surface area contributed by atoms with Gasteiger partial charge in [0.05, 0.1) is 11.1 Å². The second-order valence-corrected chi connectivity index (χ2v) is 7.36. The zero-order valence-corrected chi connectivity index (χ0v) is 16.4. The molecule has 3 rings (SSSR count). The highest BCUT2D eigenvalue weighted by atomic mass is 79.9. The van der Waals surface area contributed by atoms with Crippen molar-refractivity contribution in [3.63, 3.8) is 0 Å².